The number of anilines is 1. The minimum absolute atomic E-state index is 0.125. The molecular weight excluding hydrogens is 312 g/mol. The van der Waals surface area contributed by atoms with Gasteiger partial charge >= 0.3 is 6.03 Å². The Morgan fingerprint density at radius 1 is 1.30 bits per heavy atom. The molecule has 0 bridgehead atoms. The van der Waals surface area contributed by atoms with Crippen LogP contribution >= 0.6 is 11.6 Å². The summed E-state index contributed by atoms with van der Waals surface area (Å²) in [5, 5.41) is 14.1. The van der Waals surface area contributed by atoms with Gasteiger partial charge in [0.05, 0.1) is 5.60 Å². The lowest BCUT2D eigenvalue weighted by atomic mass is 9.86. The van der Waals surface area contributed by atoms with Crippen LogP contribution in [-0.2, 0) is 0 Å². The summed E-state index contributed by atoms with van der Waals surface area (Å²) in [5.74, 6) is 0. The van der Waals surface area contributed by atoms with Gasteiger partial charge in [-0.2, -0.15) is 0 Å². The molecule has 1 fully saturated rings. The van der Waals surface area contributed by atoms with Gasteiger partial charge in [-0.1, -0.05) is 50.3 Å². The molecule has 4 nitrogen and oxygen atoms in total. The molecule has 1 aliphatic rings. The second kappa shape index (κ2) is 8.55. The third kappa shape index (κ3) is 5.70. The topological polar surface area (TPSA) is 52.6 Å². The summed E-state index contributed by atoms with van der Waals surface area (Å²) in [4.78, 5) is 14.0. The van der Waals surface area contributed by atoms with Crippen LogP contribution in [0.2, 0.25) is 5.02 Å². The molecule has 0 unspecified atom stereocenters. The lowest BCUT2D eigenvalue weighted by Gasteiger charge is -2.38. The van der Waals surface area contributed by atoms with Crippen LogP contribution in [0.1, 0.15) is 51.9 Å². The predicted molar refractivity (Wildman–Crippen MR) is 95.0 cm³/mol. The number of likely N-dealkylation sites (tertiary alicyclic amines) is 1. The van der Waals surface area contributed by atoms with Crippen molar-refractivity contribution < 1.29 is 9.90 Å². The van der Waals surface area contributed by atoms with E-state index in [4.69, 9.17) is 11.6 Å². The lowest BCUT2D eigenvalue weighted by molar-refractivity contribution is -0.0197. The lowest BCUT2D eigenvalue weighted by Crippen LogP contribution is -2.48. The SMILES string of the molecule is CCCCCCC1(O)CCN(C(=O)Nc2cccc(Cl)c2)CC1. The molecule has 128 valence electrons. The summed E-state index contributed by atoms with van der Waals surface area (Å²) in [5.41, 5.74) is 0.100. The maximum atomic E-state index is 12.3. The molecule has 2 N–H and O–H groups in total. The van der Waals surface area contributed by atoms with E-state index in [1.165, 1.54) is 19.3 Å². The van der Waals surface area contributed by atoms with Gasteiger partial charge in [-0.3, -0.25) is 0 Å². The molecule has 1 saturated heterocycles. The van der Waals surface area contributed by atoms with Crippen molar-refractivity contribution in [2.24, 2.45) is 0 Å². The van der Waals surface area contributed by atoms with Crippen LogP contribution in [0.4, 0.5) is 10.5 Å². The van der Waals surface area contributed by atoms with Crippen LogP contribution in [0, 0.1) is 0 Å². The molecule has 1 aromatic rings. The van der Waals surface area contributed by atoms with Crippen molar-refractivity contribution in [2.75, 3.05) is 18.4 Å². The van der Waals surface area contributed by atoms with E-state index in [0.717, 1.165) is 12.8 Å². The third-order valence-electron chi connectivity index (χ3n) is 4.55. The fraction of sp³-hybridized carbons (Fsp3) is 0.611. The average Bonchev–Trinajstić information content (AvgIpc) is 2.52. The first kappa shape index (κ1) is 18.1. The third-order valence-corrected chi connectivity index (χ3v) is 4.79. The number of benzene rings is 1. The highest BCUT2D eigenvalue weighted by Crippen LogP contribution is 2.28. The molecular formula is C18H27ClN2O2. The number of piperidine rings is 1. The van der Waals surface area contributed by atoms with Gasteiger partial charge < -0.3 is 15.3 Å². The minimum atomic E-state index is -0.597. The van der Waals surface area contributed by atoms with Gasteiger partial charge in [0, 0.05) is 23.8 Å². The maximum Gasteiger partial charge on any atom is 0.321 e. The fourth-order valence-corrected chi connectivity index (χ4v) is 3.22. The van der Waals surface area contributed by atoms with Crippen molar-refractivity contribution in [2.45, 2.75) is 57.5 Å². The fourth-order valence-electron chi connectivity index (χ4n) is 3.03. The number of urea groups is 1. The molecule has 0 aromatic heterocycles. The minimum Gasteiger partial charge on any atom is -0.390 e. The van der Waals surface area contributed by atoms with Crippen LogP contribution in [-0.4, -0.2) is 34.7 Å². The zero-order valence-corrected chi connectivity index (χ0v) is 14.6. The van der Waals surface area contributed by atoms with Crippen LogP contribution in [0.3, 0.4) is 0 Å². The number of halogens is 1. The molecule has 0 saturated carbocycles. The summed E-state index contributed by atoms with van der Waals surface area (Å²) in [7, 11) is 0. The van der Waals surface area contributed by atoms with E-state index in [1.54, 1.807) is 17.0 Å². The smallest absolute Gasteiger partial charge is 0.321 e. The Morgan fingerprint density at radius 2 is 2.04 bits per heavy atom. The van der Waals surface area contributed by atoms with Crippen LogP contribution in [0.5, 0.6) is 0 Å². The zero-order chi connectivity index (χ0) is 16.7. The van der Waals surface area contributed by atoms with E-state index >= 15 is 0 Å². The van der Waals surface area contributed by atoms with Gasteiger partial charge in [0.25, 0.3) is 0 Å². The van der Waals surface area contributed by atoms with Crippen molar-refractivity contribution in [3.63, 3.8) is 0 Å². The number of aliphatic hydroxyl groups is 1. The monoisotopic (exact) mass is 338 g/mol. The number of carbonyl (C=O) groups excluding carboxylic acids is 1. The number of nitrogens with zero attached hydrogens (tertiary/aromatic N) is 1. The Balaban J connectivity index is 1.78. The van der Waals surface area contributed by atoms with E-state index < -0.39 is 5.60 Å². The first-order valence-electron chi connectivity index (χ1n) is 8.56. The Labute approximate surface area is 143 Å². The highest BCUT2D eigenvalue weighted by atomic mass is 35.5. The molecule has 0 spiro atoms. The number of carbonyl (C=O) groups is 1. The summed E-state index contributed by atoms with van der Waals surface area (Å²) < 4.78 is 0. The summed E-state index contributed by atoms with van der Waals surface area (Å²) in [6.45, 7) is 3.37. The summed E-state index contributed by atoms with van der Waals surface area (Å²) >= 11 is 5.92. The van der Waals surface area contributed by atoms with Crippen molar-refractivity contribution >= 4 is 23.3 Å². The molecule has 1 aliphatic heterocycles. The highest BCUT2D eigenvalue weighted by Gasteiger charge is 2.33. The second-order valence-electron chi connectivity index (χ2n) is 6.46. The van der Waals surface area contributed by atoms with E-state index in [1.807, 2.05) is 12.1 Å². The van der Waals surface area contributed by atoms with Crippen LogP contribution < -0.4 is 5.32 Å². The first-order chi connectivity index (χ1) is 11.0. The van der Waals surface area contributed by atoms with Crippen molar-refractivity contribution in [1.82, 2.24) is 4.90 Å². The largest absolute Gasteiger partial charge is 0.390 e. The zero-order valence-electron chi connectivity index (χ0n) is 13.9. The second-order valence-corrected chi connectivity index (χ2v) is 6.90. The Kier molecular flexibility index (Phi) is 6.72. The van der Waals surface area contributed by atoms with E-state index in [2.05, 4.69) is 12.2 Å². The van der Waals surface area contributed by atoms with Gasteiger partial charge in [-0.05, 0) is 37.5 Å². The molecule has 2 rings (SSSR count). The molecule has 5 heteroatoms. The number of amides is 2. The average molecular weight is 339 g/mol. The number of rotatable bonds is 6. The molecule has 2 amide bonds. The van der Waals surface area contributed by atoms with E-state index in [0.29, 0.717) is 36.6 Å². The van der Waals surface area contributed by atoms with Crippen LogP contribution in [0.25, 0.3) is 0 Å². The molecule has 0 radical (unpaired) electrons. The van der Waals surface area contributed by atoms with E-state index in [9.17, 15) is 9.90 Å². The molecule has 1 heterocycles. The maximum absolute atomic E-state index is 12.3. The first-order valence-corrected chi connectivity index (χ1v) is 8.94. The number of nitrogens with one attached hydrogen (secondary N) is 1. The molecule has 0 atom stereocenters. The summed E-state index contributed by atoms with van der Waals surface area (Å²) in [6, 6.07) is 7.01. The highest BCUT2D eigenvalue weighted by molar-refractivity contribution is 6.30. The number of unbranched alkanes of at least 4 members (excludes halogenated alkanes) is 3. The van der Waals surface area contributed by atoms with Gasteiger partial charge in [0.1, 0.15) is 0 Å². The van der Waals surface area contributed by atoms with Crippen molar-refractivity contribution in [3.8, 4) is 0 Å². The van der Waals surface area contributed by atoms with Crippen LogP contribution in [0.15, 0.2) is 24.3 Å². The quantitative estimate of drug-likeness (QED) is 0.740. The van der Waals surface area contributed by atoms with E-state index in [-0.39, 0.29) is 6.03 Å². The van der Waals surface area contributed by atoms with Gasteiger partial charge in [-0.25, -0.2) is 4.79 Å². The molecule has 1 aromatic carbocycles. The number of hydrogen-bond acceptors (Lipinski definition) is 2. The summed E-state index contributed by atoms with van der Waals surface area (Å²) in [6.07, 6.45) is 6.83. The molecule has 0 aliphatic carbocycles. The standard InChI is InChI=1S/C18H27ClN2O2/c1-2-3-4-5-9-18(23)10-12-21(13-11-18)17(22)20-16-8-6-7-15(19)14-16/h6-8,14,23H,2-5,9-13H2,1H3,(H,20,22). The van der Waals surface area contributed by atoms with Crippen molar-refractivity contribution in [3.05, 3.63) is 29.3 Å². The predicted octanol–water partition coefficient (Wildman–Crippen LogP) is 4.67. The normalized spacial score (nSPS) is 17.1. The Hall–Kier alpha value is -1.26. The van der Waals surface area contributed by atoms with Gasteiger partial charge in [0.15, 0.2) is 0 Å². The van der Waals surface area contributed by atoms with Gasteiger partial charge in [0.2, 0.25) is 0 Å². The number of hydrogen-bond donors (Lipinski definition) is 2. The molecule has 23 heavy (non-hydrogen) atoms. The Bertz CT molecular complexity index is 513. The van der Waals surface area contributed by atoms with Crippen molar-refractivity contribution in [1.29, 1.82) is 0 Å². The van der Waals surface area contributed by atoms with Gasteiger partial charge in [-0.15, -0.1) is 0 Å². The Morgan fingerprint density at radius 3 is 2.70 bits per heavy atom.